The van der Waals surface area contributed by atoms with Crippen LogP contribution < -0.4 is 0 Å². The van der Waals surface area contributed by atoms with Gasteiger partial charge in [-0.25, -0.2) is 0 Å². The molecule has 0 saturated carbocycles. The van der Waals surface area contributed by atoms with E-state index in [2.05, 4.69) is 6.07 Å². The molecule has 0 fully saturated rings. The minimum Gasteiger partial charge on any atom is -0.480 e. The third kappa shape index (κ3) is 5.03. The fourth-order valence-corrected chi connectivity index (χ4v) is 2.25. The van der Waals surface area contributed by atoms with Gasteiger partial charge in [0.05, 0.1) is 0 Å². The molecule has 110 valence electrons. The van der Waals surface area contributed by atoms with E-state index in [-0.39, 0.29) is 12.5 Å². The Bertz CT molecular complexity index is 483. The van der Waals surface area contributed by atoms with Crippen LogP contribution in [0.1, 0.15) is 36.5 Å². The first-order valence-electron chi connectivity index (χ1n) is 6.99. The Morgan fingerprint density at radius 1 is 1.25 bits per heavy atom. The largest absolute Gasteiger partial charge is 0.480 e. The van der Waals surface area contributed by atoms with Crippen molar-refractivity contribution in [1.29, 1.82) is 0 Å². The van der Waals surface area contributed by atoms with Crippen molar-refractivity contribution in [2.24, 2.45) is 0 Å². The SMILES string of the molecule is CCCN(CC(=O)O)C(=O)CCc1ccc(C)cc1C. The van der Waals surface area contributed by atoms with Crippen LogP contribution >= 0.6 is 0 Å². The van der Waals surface area contributed by atoms with E-state index in [1.807, 2.05) is 32.9 Å². The van der Waals surface area contributed by atoms with Crippen molar-refractivity contribution in [2.45, 2.75) is 40.0 Å². The molecule has 0 radical (unpaired) electrons. The summed E-state index contributed by atoms with van der Waals surface area (Å²) in [5, 5.41) is 8.83. The minimum atomic E-state index is -0.960. The monoisotopic (exact) mass is 277 g/mol. The van der Waals surface area contributed by atoms with Crippen LogP contribution in [0, 0.1) is 13.8 Å². The average Bonchev–Trinajstić information content (AvgIpc) is 2.36. The van der Waals surface area contributed by atoms with E-state index in [9.17, 15) is 9.59 Å². The van der Waals surface area contributed by atoms with Crippen molar-refractivity contribution in [2.75, 3.05) is 13.1 Å². The van der Waals surface area contributed by atoms with Crippen molar-refractivity contribution >= 4 is 11.9 Å². The molecule has 4 nitrogen and oxygen atoms in total. The normalized spacial score (nSPS) is 10.3. The van der Waals surface area contributed by atoms with Crippen molar-refractivity contribution in [3.05, 3.63) is 34.9 Å². The lowest BCUT2D eigenvalue weighted by Crippen LogP contribution is -2.36. The molecule has 0 aromatic heterocycles. The van der Waals surface area contributed by atoms with Crippen molar-refractivity contribution in [1.82, 2.24) is 4.90 Å². The van der Waals surface area contributed by atoms with Gasteiger partial charge >= 0.3 is 5.97 Å². The molecule has 0 aliphatic carbocycles. The number of benzene rings is 1. The number of rotatable bonds is 7. The molecule has 1 amide bonds. The highest BCUT2D eigenvalue weighted by atomic mass is 16.4. The van der Waals surface area contributed by atoms with Gasteiger partial charge in [-0.3, -0.25) is 9.59 Å². The standard InChI is InChI=1S/C16H23NO3/c1-4-9-17(11-16(19)20)15(18)8-7-14-6-5-12(2)10-13(14)3/h5-6,10H,4,7-9,11H2,1-3H3,(H,19,20). The number of carbonyl (C=O) groups excluding carboxylic acids is 1. The number of aryl methyl sites for hydroxylation is 3. The first kappa shape index (κ1) is 16.2. The Morgan fingerprint density at radius 2 is 1.95 bits per heavy atom. The highest BCUT2D eigenvalue weighted by Gasteiger charge is 2.15. The van der Waals surface area contributed by atoms with E-state index in [4.69, 9.17) is 5.11 Å². The molecule has 0 unspecified atom stereocenters. The van der Waals surface area contributed by atoms with Gasteiger partial charge in [0, 0.05) is 13.0 Å². The zero-order valence-electron chi connectivity index (χ0n) is 12.5. The Balaban J connectivity index is 2.62. The van der Waals surface area contributed by atoms with Crippen LogP contribution in [0.2, 0.25) is 0 Å². The summed E-state index contributed by atoms with van der Waals surface area (Å²) >= 11 is 0. The molecule has 0 saturated heterocycles. The lowest BCUT2D eigenvalue weighted by Gasteiger charge is -2.20. The van der Waals surface area contributed by atoms with Crippen LogP contribution in [0.5, 0.6) is 0 Å². The summed E-state index contributed by atoms with van der Waals surface area (Å²) in [4.78, 5) is 24.3. The number of carboxylic acids is 1. The predicted molar refractivity (Wildman–Crippen MR) is 78.7 cm³/mol. The molecule has 1 rings (SSSR count). The van der Waals surface area contributed by atoms with E-state index >= 15 is 0 Å². The number of hydrogen-bond acceptors (Lipinski definition) is 2. The van der Waals surface area contributed by atoms with E-state index in [1.165, 1.54) is 16.0 Å². The zero-order chi connectivity index (χ0) is 15.1. The van der Waals surface area contributed by atoms with Crippen LogP contribution in [0.3, 0.4) is 0 Å². The topological polar surface area (TPSA) is 57.6 Å². The second-order valence-corrected chi connectivity index (χ2v) is 5.14. The molecule has 0 aliphatic heterocycles. The summed E-state index contributed by atoms with van der Waals surface area (Å²) in [6.45, 7) is 6.30. The van der Waals surface area contributed by atoms with E-state index in [1.54, 1.807) is 0 Å². The number of aliphatic carboxylic acids is 1. The molecule has 0 aliphatic rings. The van der Waals surface area contributed by atoms with E-state index < -0.39 is 5.97 Å². The third-order valence-electron chi connectivity index (χ3n) is 3.28. The Morgan fingerprint density at radius 3 is 2.50 bits per heavy atom. The van der Waals surface area contributed by atoms with Gasteiger partial charge in [-0.15, -0.1) is 0 Å². The number of carboxylic acid groups (broad SMARTS) is 1. The van der Waals surface area contributed by atoms with Crippen LogP contribution in [0.25, 0.3) is 0 Å². The van der Waals surface area contributed by atoms with Gasteiger partial charge in [0.2, 0.25) is 5.91 Å². The van der Waals surface area contributed by atoms with Gasteiger partial charge in [0.1, 0.15) is 6.54 Å². The molecule has 0 spiro atoms. The van der Waals surface area contributed by atoms with E-state index in [0.717, 1.165) is 12.0 Å². The molecular weight excluding hydrogens is 254 g/mol. The summed E-state index contributed by atoms with van der Waals surface area (Å²) < 4.78 is 0. The third-order valence-corrected chi connectivity index (χ3v) is 3.28. The maximum Gasteiger partial charge on any atom is 0.323 e. The molecule has 0 bridgehead atoms. The fraction of sp³-hybridized carbons (Fsp3) is 0.500. The zero-order valence-corrected chi connectivity index (χ0v) is 12.5. The molecule has 0 atom stereocenters. The highest BCUT2D eigenvalue weighted by Crippen LogP contribution is 2.13. The summed E-state index contributed by atoms with van der Waals surface area (Å²) in [6.07, 6.45) is 1.78. The van der Waals surface area contributed by atoms with Gasteiger partial charge in [-0.1, -0.05) is 30.7 Å². The van der Waals surface area contributed by atoms with Gasteiger partial charge in [-0.05, 0) is 37.8 Å². The first-order chi connectivity index (χ1) is 9.43. The highest BCUT2D eigenvalue weighted by molar-refractivity contribution is 5.81. The Hall–Kier alpha value is -1.84. The summed E-state index contributed by atoms with van der Waals surface area (Å²) in [5.41, 5.74) is 3.53. The minimum absolute atomic E-state index is 0.0887. The van der Waals surface area contributed by atoms with Crippen molar-refractivity contribution in [3.63, 3.8) is 0 Å². The van der Waals surface area contributed by atoms with Gasteiger partial charge in [0.15, 0.2) is 0 Å². The molecule has 1 aromatic rings. The summed E-state index contributed by atoms with van der Waals surface area (Å²) in [6, 6.07) is 6.17. The predicted octanol–water partition coefficient (Wildman–Crippen LogP) is 2.56. The maximum atomic E-state index is 12.1. The van der Waals surface area contributed by atoms with E-state index in [0.29, 0.717) is 19.4 Å². The fourth-order valence-electron chi connectivity index (χ4n) is 2.25. The Labute approximate surface area is 120 Å². The quantitative estimate of drug-likeness (QED) is 0.833. The molecule has 4 heteroatoms. The number of carbonyl (C=O) groups is 2. The average molecular weight is 277 g/mol. The first-order valence-corrected chi connectivity index (χ1v) is 6.99. The van der Waals surface area contributed by atoms with Crippen LogP contribution in [0.4, 0.5) is 0 Å². The van der Waals surface area contributed by atoms with Crippen LogP contribution in [-0.4, -0.2) is 35.0 Å². The lowest BCUT2D eigenvalue weighted by atomic mass is 10.0. The van der Waals surface area contributed by atoms with Crippen molar-refractivity contribution < 1.29 is 14.7 Å². The van der Waals surface area contributed by atoms with Crippen molar-refractivity contribution in [3.8, 4) is 0 Å². The Kier molecular flexibility index (Phi) is 6.22. The molecule has 1 N–H and O–H groups in total. The second-order valence-electron chi connectivity index (χ2n) is 5.14. The maximum absolute atomic E-state index is 12.1. The van der Waals surface area contributed by atoms with Gasteiger partial charge < -0.3 is 10.0 Å². The number of hydrogen-bond donors (Lipinski definition) is 1. The molecule has 1 aromatic carbocycles. The number of nitrogens with zero attached hydrogens (tertiary/aromatic N) is 1. The second kappa shape index (κ2) is 7.68. The lowest BCUT2D eigenvalue weighted by molar-refractivity contribution is -0.144. The van der Waals surface area contributed by atoms with Gasteiger partial charge in [-0.2, -0.15) is 0 Å². The molecular formula is C16H23NO3. The molecule has 0 heterocycles. The molecule has 20 heavy (non-hydrogen) atoms. The summed E-state index contributed by atoms with van der Waals surface area (Å²) in [7, 11) is 0. The number of amides is 1. The smallest absolute Gasteiger partial charge is 0.323 e. The van der Waals surface area contributed by atoms with Gasteiger partial charge in [0.25, 0.3) is 0 Å². The van der Waals surface area contributed by atoms with Crippen LogP contribution in [0.15, 0.2) is 18.2 Å². The van der Waals surface area contributed by atoms with Crippen LogP contribution in [-0.2, 0) is 16.0 Å². The summed E-state index contributed by atoms with van der Waals surface area (Å²) in [5.74, 6) is -1.05.